The van der Waals surface area contributed by atoms with Crippen molar-refractivity contribution in [3.63, 3.8) is 0 Å². The molecule has 0 radical (unpaired) electrons. The Labute approximate surface area is 183 Å². The summed E-state index contributed by atoms with van der Waals surface area (Å²) in [5.41, 5.74) is 4.08. The first-order valence-corrected chi connectivity index (χ1v) is 9.88. The van der Waals surface area contributed by atoms with Crippen LogP contribution in [0, 0.1) is 0 Å². The van der Waals surface area contributed by atoms with E-state index in [0.717, 1.165) is 11.3 Å². The second kappa shape index (κ2) is 8.57. The van der Waals surface area contributed by atoms with Gasteiger partial charge >= 0.3 is 0 Å². The van der Waals surface area contributed by atoms with Crippen LogP contribution in [0.2, 0.25) is 5.02 Å². The van der Waals surface area contributed by atoms with E-state index in [1.165, 1.54) is 12.5 Å². The van der Waals surface area contributed by atoms with E-state index in [9.17, 15) is 4.79 Å². The van der Waals surface area contributed by atoms with Crippen molar-refractivity contribution in [2.24, 2.45) is 4.99 Å². The zero-order chi connectivity index (χ0) is 22.0. The van der Waals surface area contributed by atoms with Crippen molar-refractivity contribution in [2.45, 2.75) is 13.0 Å². The number of oxazole rings is 1. The van der Waals surface area contributed by atoms with Crippen LogP contribution in [-0.4, -0.2) is 45.7 Å². The highest BCUT2D eigenvalue weighted by Crippen LogP contribution is 2.24. The topological polar surface area (TPSA) is 121 Å². The van der Waals surface area contributed by atoms with Crippen molar-refractivity contribution in [3.05, 3.63) is 70.8 Å². The van der Waals surface area contributed by atoms with Crippen molar-refractivity contribution in [2.75, 3.05) is 19.4 Å². The Morgan fingerprint density at radius 3 is 2.84 bits per heavy atom. The molecule has 0 bridgehead atoms. The Kier molecular flexibility index (Phi) is 5.68. The lowest BCUT2D eigenvalue weighted by molar-refractivity contribution is 0.0935. The largest absolute Gasteiger partial charge is 0.447 e. The molecule has 0 aliphatic rings. The molecule has 10 heteroatoms. The van der Waals surface area contributed by atoms with Crippen molar-refractivity contribution in [1.29, 1.82) is 0 Å². The monoisotopic (exact) mass is 437 g/mol. The second-order valence-electron chi connectivity index (χ2n) is 6.73. The maximum Gasteiger partial charge on any atom is 0.255 e. The van der Waals surface area contributed by atoms with Crippen LogP contribution >= 0.6 is 11.6 Å². The molecule has 3 heterocycles. The predicted molar refractivity (Wildman–Crippen MR) is 119 cm³/mol. The summed E-state index contributed by atoms with van der Waals surface area (Å²) < 4.78 is 5.25. The van der Waals surface area contributed by atoms with Crippen molar-refractivity contribution in [1.82, 2.24) is 25.3 Å². The molecule has 31 heavy (non-hydrogen) atoms. The van der Waals surface area contributed by atoms with E-state index in [1.54, 1.807) is 39.5 Å². The average molecular weight is 438 g/mol. The molecule has 0 saturated heterocycles. The molecule has 0 aliphatic heterocycles. The highest BCUT2D eigenvalue weighted by atomic mass is 35.5. The summed E-state index contributed by atoms with van der Waals surface area (Å²) in [6.07, 6.45) is 6.19. The van der Waals surface area contributed by atoms with Gasteiger partial charge in [-0.2, -0.15) is 0 Å². The number of nitrogens with one attached hydrogen (secondary N) is 3. The lowest BCUT2D eigenvalue weighted by Crippen LogP contribution is -2.26. The van der Waals surface area contributed by atoms with Gasteiger partial charge < -0.3 is 20.0 Å². The van der Waals surface area contributed by atoms with Crippen LogP contribution in [0.3, 0.4) is 0 Å². The van der Waals surface area contributed by atoms with E-state index in [1.807, 2.05) is 12.1 Å². The number of aromatic nitrogens is 4. The zero-order valence-electron chi connectivity index (χ0n) is 17.1. The van der Waals surface area contributed by atoms with Gasteiger partial charge in [-0.15, -0.1) is 0 Å². The molecule has 9 nitrogen and oxygen atoms in total. The normalized spacial score (nSPS) is 12.7. The maximum absolute atomic E-state index is 12.9. The van der Waals surface area contributed by atoms with Gasteiger partial charge in [0.2, 0.25) is 5.89 Å². The van der Waals surface area contributed by atoms with E-state index in [-0.39, 0.29) is 5.91 Å². The van der Waals surface area contributed by atoms with Gasteiger partial charge in [-0.05, 0) is 25.1 Å². The SMILES string of the molecule is CN=C(c1cnc2[nH]cc(C(=O)NC(C)c3ncco3)c2n1)c1ccc(Cl)cc1NC. The first-order valence-electron chi connectivity index (χ1n) is 9.51. The van der Waals surface area contributed by atoms with Crippen molar-refractivity contribution < 1.29 is 9.21 Å². The average Bonchev–Trinajstić information content (AvgIpc) is 3.45. The quantitative estimate of drug-likeness (QED) is 0.396. The number of aromatic amines is 1. The molecule has 3 aromatic heterocycles. The van der Waals surface area contributed by atoms with Crippen LogP contribution in [0.25, 0.3) is 11.2 Å². The Morgan fingerprint density at radius 2 is 2.13 bits per heavy atom. The van der Waals surface area contributed by atoms with Gasteiger partial charge in [0.25, 0.3) is 5.91 Å². The van der Waals surface area contributed by atoms with Gasteiger partial charge in [-0.1, -0.05) is 11.6 Å². The highest BCUT2D eigenvalue weighted by Gasteiger charge is 2.21. The van der Waals surface area contributed by atoms with Gasteiger partial charge in [0.05, 0.1) is 23.7 Å². The minimum atomic E-state index is -0.399. The Balaban J connectivity index is 1.70. The molecule has 4 rings (SSSR count). The van der Waals surface area contributed by atoms with Gasteiger partial charge in [-0.25, -0.2) is 15.0 Å². The van der Waals surface area contributed by atoms with Crippen LogP contribution in [0.5, 0.6) is 0 Å². The highest BCUT2D eigenvalue weighted by molar-refractivity contribution is 6.31. The minimum Gasteiger partial charge on any atom is -0.447 e. The molecular weight excluding hydrogens is 418 g/mol. The summed E-state index contributed by atoms with van der Waals surface area (Å²) >= 11 is 6.12. The molecule has 1 amide bonds. The number of aliphatic imine (C=N–C) groups is 1. The van der Waals surface area contributed by atoms with Crippen LogP contribution in [0.15, 0.2) is 52.5 Å². The molecule has 0 spiro atoms. The number of fused-ring (bicyclic) bond motifs is 1. The zero-order valence-corrected chi connectivity index (χ0v) is 17.9. The third-order valence-electron chi connectivity index (χ3n) is 4.77. The summed E-state index contributed by atoms with van der Waals surface area (Å²) in [7, 11) is 3.49. The predicted octanol–water partition coefficient (Wildman–Crippen LogP) is 3.60. The first-order chi connectivity index (χ1) is 15.0. The number of anilines is 1. The van der Waals surface area contributed by atoms with Crippen molar-refractivity contribution >= 4 is 40.1 Å². The summed E-state index contributed by atoms with van der Waals surface area (Å²) in [6.45, 7) is 1.79. The first kappa shape index (κ1) is 20.5. The third-order valence-corrected chi connectivity index (χ3v) is 5.00. The molecule has 158 valence electrons. The smallest absolute Gasteiger partial charge is 0.255 e. The number of H-pyrrole nitrogens is 1. The number of nitrogens with zero attached hydrogens (tertiary/aromatic N) is 4. The van der Waals surface area contributed by atoms with Crippen LogP contribution in [0.1, 0.15) is 40.5 Å². The summed E-state index contributed by atoms with van der Waals surface area (Å²) in [4.78, 5) is 33.4. The number of carbonyl (C=O) groups is 1. The molecule has 0 aliphatic carbocycles. The van der Waals surface area contributed by atoms with Crippen LogP contribution in [-0.2, 0) is 0 Å². The van der Waals surface area contributed by atoms with Gasteiger partial charge in [0.1, 0.15) is 23.5 Å². The molecule has 0 fully saturated rings. The van der Waals surface area contributed by atoms with Crippen LogP contribution in [0.4, 0.5) is 5.69 Å². The Hall–Kier alpha value is -3.72. The van der Waals surface area contributed by atoms with Crippen molar-refractivity contribution in [3.8, 4) is 0 Å². The minimum absolute atomic E-state index is 0.319. The molecular formula is C21H20ClN7O2. The molecule has 4 aromatic rings. The van der Waals surface area contributed by atoms with E-state index < -0.39 is 6.04 Å². The van der Waals surface area contributed by atoms with Crippen LogP contribution < -0.4 is 10.6 Å². The molecule has 1 unspecified atom stereocenters. The standard InChI is InChI=1S/C21H20ClN7O2/c1-11(21-25-6-7-31-21)28-20(30)14-9-26-19-18(14)29-16(10-27-19)17(24-3)13-5-4-12(22)8-15(13)23-2/h4-11,23H,1-3H3,(H,26,27)(H,28,30). The number of hydrogen-bond donors (Lipinski definition) is 3. The molecule has 0 saturated carbocycles. The lowest BCUT2D eigenvalue weighted by Gasteiger charge is -2.12. The summed E-state index contributed by atoms with van der Waals surface area (Å²) in [6, 6.07) is 5.07. The van der Waals surface area contributed by atoms with Gasteiger partial charge in [0, 0.05) is 36.6 Å². The number of rotatable bonds is 6. The second-order valence-corrected chi connectivity index (χ2v) is 7.17. The van der Waals surface area contributed by atoms with E-state index in [0.29, 0.717) is 39.0 Å². The molecule has 3 N–H and O–H groups in total. The number of halogens is 1. The fraction of sp³-hybridized carbons (Fsp3) is 0.190. The summed E-state index contributed by atoms with van der Waals surface area (Å²) in [5, 5.41) is 6.58. The number of hydrogen-bond acceptors (Lipinski definition) is 7. The molecule has 1 aromatic carbocycles. The van der Waals surface area contributed by atoms with E-state index in [4.69, 9.17) is 16.0 Å². The van der Waals surface area contributed by atoms with Gasteiger partial charge in [0.15, 0.2) is 5.65 Å². The number of benzene rings is 1. The Bertz CT molecular complexity index is 1260. The lowest BCUT2D eigenvalue weighted by atomic mass is 10.0. The maximum atomic E-state index is 12.9. The molecule has 1 atom stereocenters. The fourth-order valence-electron chi connectivity index (χ4n) is 3.27. The fourth-order valence-corrected chi connectivity index (χ4v) is 3.44. The third kappa shape index (κ3) is 3.99. The number of carbonyl (C=O) groups excluding carboxylic acids is 1. The van der Waals surface area contributed by atoms with E-state index in [2.05, 4.69) is 35.6 Å². The van der Waals surface area contributed by atoms with Gasteiger partial charge in [-0.3, -0.25) is 9.79 Å². The summed E-state index contributed by atoms with van der Waals surface area (Å²) in [5.74, 6) is 0.100. The van der Waals surface area contributed by atoms with E-state index >= 15 is 0 Å². The Morgan fingerprint density at radius 1 is 1.29 bits per heavy atom. The number of amides is 1.